The van der Waals surface area contributed by atoms with E-state index >= 15 is 0 Å². The normalized spacial score (nSPS) is 17.5. The highest BCUT2D eigenvalue weighted by atomic mass is 32.2. The summed E-state index contributed by atoms with van der Waals surface area (Å²) in [6.45, 7) is 7.83. The van der Waals surface area contributed by atoms with E-state index in [1.807, 2.05) is 61.1 Å². The number of carboxylic acid groups (broad SMARTS) is 2. The number of rotatable bonds is 26. The third-order valence-corrected chi connectivity index (χ3v) is 13.5. The van der Waals surface area contributed by atoms with Crippen molar-refractivity contribution >= 4 is 99.0 Å². The Kier molecular flexibility index (Phi) is 25.3. The number of aliphatic carboxylic acids is 2. The molecule has 4 atom stereocenters. The molecule has 0 bridgehead atoms. The van der Waals surface area contributed by atoms with Crippen LogP contribution >= 0.6 is 36.2 Å². The number of anilines is 2. The molecule has 2 aromatic rings. The van der Waals surface area contributed by atoms with Gasteiger partial charge in [0.1, 0.15) is 0 Å². The average molecular weight is 1040 g/mol. The number of Topliss-reactive ketones (excluding diaryl/α,β-unsaturated/α-hetero) is 1. The van der Waals surface area contributed by atoms with Gasteiger partial charge in [-0.2, -0.15) is 11.8 Å². The molecule has 4 amide bonds. The largest absolute Gasteiger partial charge is 0.480 e. The van der Waals surface area contributed by atoms with E-state index in [1.54, 1.807) is 45.8 Å². The number of benzene rings is 2. The van der Waals surface area contributed by atoms with E-state index in [0.29, 0.717) is 81.3 Å². The van der Waals surface area contributed by atoms with Crippen molar-refractivity contribution in [1.82, 2.24) is 35.6 Å². The summed E-state index contributed by atoms with van der Waals surface area (Å²) in [6.07, 6.45) is 4.30. The molecule has 2 heterocycles. The number of thioether (sulfide) groups is 1. The van der Waals surface area contributed by atoms with Crippen molar-refractivity contribution in [3.8, 4) is 0 Å². The van der Waals surface area contributed by atoms with Crippen LogP contribution in [0.2, 0.25) is 0 Å². The Balaban J connectivity index is 1.27. The average Bonchev–Trinajstić information content (AvgIpc) is 3.67. The first-order chi connectivity index (χ1) is 33.9. The Labute approximate surface area is 431 Å². The number of esters is 1. The molecule has 19 nitrogen and oxygen atoms in total. The lowest BCUT2D eigenvalue weighted by Crippen LogP contribution is -2.51. The van der Waals surface area contributed by atoms with Crippen molar-refractivity contribution in [3.05, 3.63) is 59.7 Å². The highest BCUT2D eigenvalue weighted by molar-refractivity contribution is 7.98. The van der Waals surface area contributed by atoms with Crippen molar-refractivity contribution in [3.63, 3.8) is 0 Å². The fourth-order valence-electron chi connectivity index (χ4n) is 8.21. The number of ether oxygens (including phenoxy) is 1. The van der Waals surface area contributed by atoms with E-state index in [-0.39, 0.29) is 82.3 Å². The maximum Gasteiger partial charge on any atom is 0.321 e. The van der Waals surface area contributed by atoms with Gasteiger partial charge in [-0.05, 0) is 84.4 Å². The Morgan fingerprint density at radius 2 is 1.41 bits per heavy atom. The predicted octanol–water partition coefficient (Wildman–Crippen LogP) is 3.71. The van der Waals surface area contributed by atoms with E-state index in [4.69, 9.17) is 29.2 Å². The molecule has 0 spiro atoms. The summed E-state index contributed by atoms with van der Waals surface area (Å²) in [4.78, 5) is 98.1. The zero-order valence-electron chi connectivity index (χ0n) is 41.2. The molecule has 390 valence electrons. The first kappa shape index (κ1) is 58.5. The summed E-state index contributed by atoms with van der Waals surface area (Å²) in [7, 11) is 0. The lowest BCUT2D eigenvalue weighted by atomic mass is 9.85. The molecule has 2 aliphatic rings. The first-order valence-electron chi connectivity index (χ1n) is 24.1. The minimum atomic E-state index is -1.03. The smallest absolute Gasteiger partial charge is 0.321 e. The number of nitrogens with one attached hydrogen (secondary N) is 5. The number of amides is 4. The summed E-state index contributed by atoms with van der Waals surface area (Å²) in [6, 6.07) is 13.4. The molecule has 71 heavy (non-hydrogen) atoms. The van der Waals surface area contributed by atoms with Gasteiger partial charge in [0.2, 0.25) is 11.8 Å². The van der Waals surface area contributed by atoms with Crippen LogP contribution < -0.4 is 26.6 Å². The van der Waals surface area contributed by atoms with Gasteiger partial charge in [0.15, 0.2) is 12.0 Å². The summed E-state index contributed by atoms with van der Waals surface area (Å²) >= 11 is 12.3. The van der Waals surface area contributed by atoms with Crippen molar-refractivity contribution in [2.45, 2.75) is 78.1 Å². The number of urea groups is 1. The van der Waals surface area contributed by atoms with E-state index in [1.165, 1.54) is 0 Å². The number of carbonyl (C=O) groups excluding carboxylic acids is 5. The molecular formula is C49H71N9O10S3. The summed E-state index contributed by atoms with van der Waals surface area (Å²) < 4.78 is 5.58. The van der Waals surface area contributed by atoms with E-state index in [2.05, 4.69) is 26.6 Å². The predicted molar refractivity (Wildman–Crippen MR) is 283 cm³/mol. The SMILES string of the molecule is CC[C@H](C)[C@H](CC(=O)[C@H](CCSC)NC(=O)Nc1ccc(CNC(=O)CN2CCN(CC(=O)O)CCN(CC(=O)O)CCN3CC(=O)OC3C2)cc1)C(=O)NCCCC(=S)Cc1ccc(NC(C)=S)cc1. The van der Waals surface area contributed by atoms with Crippen LogP contribution in [0.4, 0.5) is 16.2 Å². The number of nitrogens with zero attached hydrogens (tertiary/aromatic N) is 4. The van der Waals surface area contributed by atoms with Crippen LogP contribution in [0.25, 0.3) is 0 Å². The van der Waals surface area contributed by atoms with Gasteiger partial charge in [-0.1, -0.05) is 69.0 Å². The monoisotopic (exact) mass is 1040 g/mol. The molecule has 0 radical (unpaired) electrons. The van der Waals surface area contributed by atoms with Gasteiger partial charge in [-0.3, -0.25) is 48.4 Å². The lowest BCUT2D eigenvalue weighted by Gasteiger charge is -2.33. The Morgan fingerprint density at radius 1 is 0.817 bits per heavy atom. The Morgan fingerprint density at radius 3 is 2.00 bits per heavy atom. The molecule has 4 rings (SSSR count). The quantitative estimate of drug-likeness (QED) is 0.0404. The molecule has 0 aliphatic carbocycles. The second-order valence-electron chi connectivity index (χ2n) is 18.0. The van der Waals surface area contributed by atoms with Gasteiger partial charge in [0, 0.05) is 82.5 Å². The zero-order chi connectivity index (χ0) is 51.9. The molecule has 7 N–H and O–H groups in total. The minimum absolute atomic E-state index is 0.0188. The Bertz CT molecular complexity index is 2130. The number of carbonyl (C=O) groups is 7. The van der Waals surface area contributed by atoms with Gasteiger partial charge in [0.05, 0.1) is 43.8 Å². The number of ketones is 1. The van der Waals surface area contributed by atoms with Gasteiger partial charge >= 0.3 is 23.9 Å². The van der Waals surface area contributed by atoms with E-state index < -0.39 is 42.1 Å². The van der Waals surface area contributed by atoms with Crippen LogP contribution in [0.3, 0.4) is 0 Å². The van der Waals surface area contributed by atoms with E-state index in [9.17, 15) is 43.8 Å². The number of thiocarbonyl (C=S) groups is 2. The molecule has 1 unspecified atom stereocenters. The highest BCUT2D eigenvalue weighted by Gasteiger charge is 2.35. The maximum absolute atomic E-state index is 13.8. The fourth-order valence-corrected chi connectivity index (χ4v) is 9.11. The van der Waals surface area contributed by atoms with Gasteiger partial charge in [0.25, 0.3) is 0 Å². The van der Waals surface area contributed by atoms with Gasteiger partial charge in [-0.25, -0.2) is 4.79 Å². The molecule has 2 saturated heterocycles. The molecule has 2 aliphatic heterocycles. The third kappa shape index (κ3) is 22.1. The number of hydrogen-bond acceptors (Lipinski definition) is 15. The molecule has 2 fully saturated rings. The van der Waals surface area contributed by atoms with Gasteiger partial charge < -0.3 is 41.5 Å². The summed E-state index contributed by atoms with van der Waals surface area (Å²) in [5.41, 5.74) is 3.23. The van der Waals surface area contributed by atoms with Crippen molar-refractivity contribution in [2.75, 3.05) is 101 Å². The van der Waals surface area contributed by atoms with Crippen molar-refractivity contribution in [2.24, 2.45) is 11.8 Å². The topological polar surface area (TPSA) is 242 Å². The summed E-state index contributed by atoms with van der Waals surface area (Å²) in [5.74, 6) is -3.22. The van der Waals surface area contributed by atoms with Crippen LogP contribution in [-0.4, -0.2) is 184 Å². The Hall–Kier alpha value is -5.10. The molecular weight excluding hydrogens is 971 g/mol. The van der Waals surface area contributed by atoms with Crippen LogP contribution in [0, 0.1) is 11.8 Å². The molecule has 2 aromatic carbocycles. The van der Waals surface area contributed by atoms with Crippen molar-refractivity contribution < 1.29 is 48.5 Å². The molecule has 0 aromatic heterocycles. The minimum Gasteiger partial charge on any atom is -0.480 e. The second kappa shape index (κ2) is 30.7. The maximum atomic E-state index is 13.8. The van der Waals surface area contributed by atoms with Gasteiger partial charge in [-0.15, -0.1) is 0 Å². The molecule has 0 saturated carbocycles. The fraction of sp³-hybridized carbons (Fsp3) is 0.571. The van der Waals surface area contributed by atoms with Crippen LogP contribution in [0.1, 0.15) is 64.0 Å². The van der Waals surface area contributed by atoms with Crippen LogP contribution in [-0.2, 0) is 46.5 Å². The third-order valence-electron chi connectivity index (χ3n) is 12.4. The standard InChI is InChI=1S/C49H71N9O10S3/c1-5-33(2)40(48(66)50-17-6-7-39(70)25-35-8-12-37(13-9-35)52-34(3)69)26-42(59)41(16-24-71-4)54-49(67)53-38-14-10-36(11-15-38)27-51-43(60)28-57-21-20-55(30-45(61)62)18-19-56(31-46(63)64)22-23-58-32-47(65)68-44(58)29-57/h8-15,33,40-41,44H,5-7,16-32H2,1-4H3,(H,50,66)(H,51,60)(H,52,69)(H,61,62)(H,63,64)(H2,53,54,67)/t33-,40-,41-,44?/m0/s1. The van der Waals surface area contributed by atoms with Crippen LogP contribution in [0.5, 0.6) is 0 Å². The zero-order valence-corrected chi connectivity index (χ0v) is 43.7. The number of hydrogen-bond donors (Lipinski definition) is 7. The number of fused-ring (bicyclic) bond motifs is 1. The first-order valence-corrected chi connectivity index (χ1v) is 26.3. The molecule has 22 heteroatoms. The highest BCUT2D eigenvalue weighted by Crippen LogP contribution is 2.22. The van der Waals surface area contributed by atoms with Crippen LogP contribution in [0.15, 0.2) is 48.5 Å². The summed E-state index contributed by atoms with van der Waals surface area (Å²) in [5, 5.41) is 33.6. The lowest BCUT2D eigenvalue weighted by molar-refractivity contribution is -0.143. The van der Waals surface area contributed by atoms with E-state index in [0.717, 1.165) is 21.7 Å². The second-order valence-corrected chi connectivity index (χ2v) is 20.2. The van der Waals surface area contributed by atoms with Crippen molar-refractivity contribution in [1.29, 1.82) is 0 Å². The number of carboxylic acids is 2.